The van der Waals surface area contributed by atoms with E-state index in [0.29, 0.717) is 23.5 Å². The molecule has 0 aliphatic carbocycles. The second-order valence-corrected chi connectivity index (χ2v) is 7.76. The van der Waals surface area contributed by atoms with E-state index in [2.05, 4.69) is 13.8 Å². The van der Waals surface area contributed by atoms with E-state index in [1.807, 2.05) is 6.92 Å². The summed E-state index contributed by atoms with van der Waals surface area (Å²) in [7, 11) is -3.90. The van der Waals surface area contributed by atoms with E-state index in [1.165, 1.54) is 0 Å². The van der Waals surface area contributed by atoms with Gasteiger partial charge in [0.05, 0.1) is 4.90 Å². The van der Waals surface area contributed by atoms with Crippen LogP contribution < -0.4 is 0 Å². The van der Waals surface area contributed by atoms with Crippen molar-refractivity contribution in [3.8, 4) is 0 Å². The number of benzene rings is 1. The predicted molar refractivity (Wildman–Crippen MR) is 92.1 cm³/mol. The van der Waals surface area contributed by atoms with Crippen molar-refractivity contribution >= 4 is 15.9 Å². The summed E-state index contributed by atoms with van der Waals surface area (Å²) in [5.74, 6) is 0.347. The molecule has 0 unspecified atom stereocenters. The van der Waals surface area contributed by atoms with E-state index < -0.39 is 10.1 Å². The molecule has 1 aromatic carbocycles. The first-order valence-electron chi connectivity index (χ1n) is 8.20. The summed E-state index contributed by atoms with van der Waals surface area (Å²) in [5, 5.41) is 0. The zero-order chi connectivity index (χ0) is 17.6. The first-order valence-corrected chi connectivity index (χ1v) is 9.61. The highest BCUT2D eigenvalue weighted by Gasteiger charge is 2.22. The maximum absolute atomic E-state index is 12.4. The lowest BCUT2D eigenvalue weighted by Crippen LogP contribution is -2.17. The Hall–Kier alpha value is -1.20. The molecule has 130 valence electrons. The van der Waals surface area contributed by atoms with Gasteiger partial charge in [0, 0.05) is 6.42 Å². The quantitative estimate of drug-likeness (QED) is 0.635. The van der Waals surface area contributed by atoms with E-state index in [9.17, 15) is 13.2 Å². The van der Waals surface area contributed by atoms with Crippen molar-refractivity contribution in [1.82, 2.24) is 0 Å². The molecule has 0 aliphatic rings. The molecule has 0 aromatic heterocycles. The van der Waals surface area contributed by atoms with Crippen LogP contribution in [0.1, 0.15) is 56.2 Å². The SMILES string of the molecule is CCC(CC)CCC(=O)COS(=O)(=O)c1c(C)cc(C)cc1C. The maximum Gasteiger partial charge on any atom is 0.297 e. The Kier molecular flexibility index (Phi) is 7.42. The van der Waals surface area contributed by atoms with Crippen molar-refractivity contribution in [3.05, 3.63) is 28.8 Å². The highest BCUT2D eigenvalue weighted by atomic mass is 32.2. The van der Waals surface area contributed by atoms with E-state index in [-0.39, 0.29) is 17.3 Å². The van der Waals surface area contributed by atoms with Crippen molar-refractivity contribution in [1.29, 1.82) is 0 Å². The van der Waals surface area contributed by atoms with Crippen LogP contribution in [-0.2, 0) is 19.1 Å². The number of carbonyl (C=O) groups excluding carboxylic acids is 1. The fourth-order valence-electron chi connectivity index (χ4n) is 2.90. The molecule has 5 heteroatoms. The molecule has 0 bridgehead atoms. The summed E-state index contributed by atoms with van der Waals surface area (Å²) >= 11 is 0. The Labute approximate surface area is 140 Å². The number of ketones is 1. The highest BCUT2D eigenvalue weighted by Crippen LogP contribution is 2.23. The number of Topliss-reactive ketones (excluding diaryl/α,β-unsaturated/α-hetero) is 1. The Morgan fingerprint density at radius 2 is 1.61 bits per heavy atom. The first kappa shape index (κ1) is 19.8. The summed E-state index contributed by atoms with van der Waals surface area (Å²) in [5.41, 5.74) is 2.29. The molecular formula is C18H28O4S. The summed E-state index contributed by atoms with van der Waals surface area (Å²) in [6.07, 6.45) is 3.22. The van der Waals surface area contributed by atoms with Crippen LogP contribution in [0.5, 0.6) is 0 Å². The summed E-state index contributed by atoms with van der Waals surface area (Å²) < 4.78 is 29.7. The van der Waals surface area contributed by atoms with E-state index >= 15 is 0 Å². The fourth-order valence-corrected chi connectivity index (χ4v) is 4.21. The molecule has 0 N–H and O–H groups in total. The van der Waals surface area contributed by atoms with Crippen LogP contribution in [0.25, 0.3) is 0 Å². The number of rotatable bonds is 9. The molecule has 0 saturated carbocycles. The van der Waals surface area contributed by atoms with Crippen molar-refractivity contribution in [2.24, 2.45) is 5.92 Å². The Morgan fingerprint density at radius 1 is 1.09 bits per heavy atom. The molecule has 0 radical (unpaired) electrons. The second-order valence-electron chi connectivity index (χ2n) is 6.20. The molecule has 0 spiro atoms. The molecule has 0 atom stereocenters. The van der Waals surface area contributed by atoms with Crippen LogP contribution in [0.3, 0.4) is 0 Å². The summed E-state index contributed by atoms with van der Waals surface area (Å²) in [6.45, 7) is 9.22. The van der Waals surface area contributed by atoms with Crippen molar-refractivity contribution in [2.45, 2.75) is 65.2 Å². The van der Waals surface area contributed by atoms with Gasteiger partial charge in [-0.2, -0.15) is 8.42 Å². The van der Waals surface area contributed by atoms with Crippen LogP contribution in [0.15, 0.2) is 17.0 Å². The molecular weight excluding hydrogens is 312 g/mol. The lowest BCUT2D eigenvalue weighted by molar-refractivity contribution is -0.121. The van der Waals surface area contributed by atoms with Gasteiger partial charge in [0.2, 0.25) is 0 Å². The van der Waals surface area contributed by atoms with Gasteiger partial charge < -0.3 is 0 Å². The number of carbonyl (C=O) groups is 1. The third kappa shape index (κ3) is 5.74. The smallest absolute Gasteiger partial charge is 0.297 e. The van der Waals surface area contributed by atoms with Crippen LogP contribution >= 0.6 is 0 Å². The van der Waals surface area contributed by atoms with Gasteiger partial charge in [-0.1, -0.05) is 44.4 Å². The minimum absolute atomic E-state index is 0.164. The van der Waals surface area contributed by atoms with Crippen LogP contribution in [0, 0.1) is 26.7 Å². The third-order valence-corrected chi connectivity index (χ3v) is 5.79. The summed E-state index contributed by atoms with van der Waals surface area (Å²) in [4.78, 5) is 12.1. The zero-order valence-electron chi connectivity index (χ0n) is 14.8. The average Bonchev–Trinajstić information content (AvgIpc) is 2.45. The van der Waals surface area contributed by atoms with Gasteiger partial charge in [-0.25, -0.2) is 0 Å². The van der Waals surface area contributed by atoms with Gasteiger partial charge >= 0.3 is 0 Å². The molecule has 0 saturated heterocycles. The second kappa shape index (κ2) is 8.60. The van der Waals surface area contributed by atoms with Gasteiger partial charge in [0.1, 0.15) is 6.61 Å². The van der Waals surface area contributed by atoms with E-state index in [1.54, 1.807) is 26.0 Å². The van der Waals surface area contributed by atoms with Crippen molar-refractivity contribution < 1.29 is 17.4 Å². The van der Waals surface area contributed by atoms with E-state index in [4.69, 9.17) is 4.18 Å². The molecule has 0 fully saturated rings. The maximum atomic E-state index is 12.4. The predicted octanol–water partition coefficient (Wildman–Crippen LogP) is 4.10. The Morgan fingerprint density at radius 3 is 2.09 bits per heavy atom. The topological polar surface area (TPSA) is 60.4 Å². The van der Waals surface area contributed by atoms with E-state index in [0.717, 1.165) is 24.8 Å². The van der Waals surface area contributed by atoms with Crippen LogP contribution in [0.4, 0.5) is 0 Å². The number of hydrogen-bond donors (Lipinski definition) is 0. The molecule has 23 heavy (non-hydrogen) atoms. The molecule has 0 aliphatic heterocycles. The first-order chi connectivity index (χ1) is 10.7. The molecule has 4 nitrogen and oxygen atoms in total. The van der Waals surface area contributed by atoms with Crippen molar-refractivity contribution in [2.75, 3.05) is 6.61 Å². The van der Waals surface area contributed by atoms with Gasteiger partial charge in [0.15, 0.2) is 5.78 Å². The highest BCUT2D eigenvalue weighted by molar-refractivity contribution is 7.86. The molecule has 0 heterocycles. The van der Waals surface area contributed by atoms with Gasteiger partial charge in [-0.3, -0.25) is 8.98 Å². The van der Waals surface area contributed by atoms with Crippen LogP contribution in [0.2, 0.25) is 0 Å². The van der Waals surface area contributed by atoms with Gasteiger partial charge in [0.25, 0.3) is 10.1 Å². The normalized spacial score (nSPS) is 11.9. The third-order valence-electron chi connectivity index (χ3n) is 4.22. The minimum Gasteiger partial charge on any atom is -0.297 e. The van der Waals surface area contributed by atoms with Crippen molar-refractivity contribution in [3.63, 3.8) is 0 Å². The lowest BCUT2D eigenvalue weighted by atomic mass is 9.96. The molecule has 0 amide bonds. The Balaban J connectivity index is 2.72. The molecule has 1 aromatic rings. The Bertz CT molecular complexity index is 620. The average molecular weight is 340 g/mol. The zero-order valence-corrected chi connectivity index (χ0v) is 15.6. The minimum atomic E-state index is -3.90. The van der Waals surface area contributed by atoms with Gasteiger partial charge in [-0.05, 0) is 44.2 Å². The fraction of sp³-hybridized carbons (Fsp3) is 0.611. The standard InChI is InChI=1S/C18H28O4S/c1-6-16(7-2)8-9-17(19)12-22-23(20,21)18-14(4)10-13(3)11-15(18)5/h10-11,16H,6-9,12H2,1-5H3. The summed E-state index contributed by atoms with van der Waals surface area (Å²) in [6, 6.07) is 3.61. The van der Waals surface area contributed by atoms with Crippen LogP contribution in [-0.4, -0.2) is 20.8 Å². The molecule has 1 rings (SSSR count). The monoisotopic (exact) mass is 340 g/mol. The lowest BCUT2D eigenvalue weighted by Gasteiger charge is -2.13. The number of aryl methyl sites for hydroxylation is 3. The van der Waals surface area contributed by atoms with Gasteiger partial charge in [-0.15, -0.1) is 0 Å². The number of hydrogen-bond acceptors (Lipinski definition) is 4. The largest absolute Gasteiger partial charge is 0.297 e.